The van der Waals surface area contributed by atoms with Crippen LogP contribution >= 0.6 is 0 Å². The molecule has 0 spiro atoms. The van der Waals surface area contributed by atoms with Crippen LogP contribution in [0.3, 0.4) is 0 Å². The first-order chi connectivity index (χ1) is 12.4. The molecule has 1 aromatic rings. The molecule has 26 heavy (non-hydrogen) atoms. The maximum Gasteiger partial charge on any atom is 0.272 e. The SMILES string of the molecule is C[C@@H]1CCC[C@@H](C)N1C(=O)c1ccc(C(=O)N2[C@@H](C)CCC[C@@H]2C)nc1. The maximum atomic E-state index is 12.9. The van der Waals surface area contributed by atoms with E-state index in [0.29, 0.717) is 11.3 Å². The van der Waals surface area contributed by atoms with Crippen LogP contribution in [-0.2, 0) is 0 Å². The lowest BCUT2D eigenvalue weighted by Crippen LogP contribution is -2.48. The monoisotopic (exact) mass is 357 g/mol. The van der Waals surface area contributed by atoms with E-state index >= 15 is 0 Å². The molecule has 0 saturated carbocycles. The minimum atomic E-state index is -0.0246. The van der Waals surface area contributed by atoms with E-state index in [4.69, 9.17) is 0 Å². The van der Waals surface area contributed by atoms with Gasteiger partial charge in [0.15, 0.2) is 0 Å². The molecule has 0 unspecified atom stereocenters. The largest absolute Gasteiger partial charge is 0.333 e. The third-order valence-electron chi connectivity index (χ3n) is 6.09. The van der Waals surface area contributed by atoms with Crippen LogP contribution in [-0.4, -0.2) is 50.8 Å². The van der Waals surface area contributed by atoms with Crippen molar-refractivity contribution in [3.05, 3.63) is 29.6 Å². The summed E-state index contributed by atoms with van der Waals surface area (Å²) in [5.74, 6) is -0.000634. The second-order valence-electron chi connectivity index (χ2n) is 8.11. The average Bonchev–Trinajstić information content (AvgIpc) is 2.61. The quantitative estimate of drug-likeness (QED) is 0.807. The van der Waals surface area contributed by atoms with Gasteiger partial charge in [0.1, 0.15) is 5.69 Å². The van der Waals surface area contributed by atoms with Crippen molar-refractivity contribution in [3.8, 4) is 0 Å². The number of carbonyl (C=O) groups excluding carboxylic acids is 2. The fourth-order valence-electron chi connectivity index (χ4n) is 4.57. The number of rotatable bonds is 2. The van der Waals surface area contributed by atoms with Crippen molar-refractivity contribution in [2.45, 2.75) is 90.4 Å². The second kappa shape index (κ2) is 7.77. The van der Waals surface area contributed by atoms with Gasteiger partial charge in [0.05, 0.1) is 5.56 Å². The molecule has 0 aromatic carbocycles. The van der Waals surface area contributed by atoms with Crippen LogP contribution in [0.15, 0.2) is 18.3 Å². The summed E-state index contributed by atoms with van der Waals surface area (Å²) >= 11 is 0. The van der Waals surface area contributed by atoms with Crippen LogP contribution < -0.4 is 0 Å². The molecule has 5 heteroatoms. The van der Waals surface area contributed by atoms with Crippen LogP contribution in [0, 0.1) is 0 Å². The number of nitrogens with zero attached hydrogens (tertiary/aromatic N) is 3. The van der Waals surface area contributed by atoms with E-state index in [1.165, 1.54) is 12.8 Å². The van der Waals surface area contributed by atoms with Gasteiger partial charge in [0.2, 0.25) is 0 Å². The first-order valence-electron chi connectivity index (χ1n) is 10.0. The Morgan fingerprint density at radius 3 is 1.69 bits per heavy atom. The predicted octanol–water partition coefficient (Wildman–Crippen LogP) is 3.89. The molecule has 3 rings (SSSR count). The third-order valence-corrected chi connectivity index (χ3v) is 6.09. The number of hydrogen-bond donors (Lipinski definition) is 0. The molecule has 142 valence electrons. The van der Waals surface area contributed by atoms with Crippen molar-refractivity contribution in [2.75, 3.05) is 0 Å². The number of pyridine rings is 1. The van der Waals surface area contributed by atoms with Gasteiger partial charge in [-0.2, -0.15) is 0 Å². The summed E-state index contributed by atoms with van der Waals surface area (Å²) in [7, 11) is 0. The van der Waals surface area contributed by atoms with E-state index < -0.39 is 0 Å². The highest BCUT2D eigenvalue weighted by Crippen LogP contribution is 2.26. The summed E-state index contributed by atoms with van der Waals surface area (Å²) < 4.78 is 0. The number of aromatic nitrogens is 1. The van der Waals surface area contributed by atoms with E-state index in [-0.39, 0.29) is 36.0 Å². The molecular formula is C21H31N3O2. The number of hydrogen-bond acceptors (Lipinski definition) is 3. The number of piperidine rings is 2. The molecule has 5 nitrogen and oxygen atoms in total. The number of likely N-dealkylation sites (tertiary alicyclic amines) is 2. The Kier molecular flexibility index (Phi) is 5.64. The second-order valence-corrected chi connectivity index (χ2v) is 8.11. The molecule has 0 aliphatic carbocycles. The van der Waals surface area contributed by atoms with Gasteiger partial charge in [0.25, 0.3) is 11.8 Å². The van der Waals surface area contributed by atoms with Crippen molar-refractivity contribution in [1.29, 1.82) is 0 Å². The molecule has 3 heterocycles. The minimum absolute atomic E-state index is 0.0240. The highest BCUT2D eigenvalue weighted by Gasteiger charge is 2.32. The summed E-state index contributed by atoms with van der Waals surface area (Å²) in [6.45, 7) is 8.42. The minimum Gasteiger partial charge on any atom is -0.333 e. The summed E-state index contributed by atoms with van der Waals surface area (Å²) in [4.78, 5) is 34.0. The Hall–Kier alpha value is -1.91. The van der Waals surface area contributed by atoms with Crippen LogP contribution in [0.4, 0.5) is 0 Å². The van der Waals surface area contributed by atoms with Crippen LogP contribution in [0.25, 0.3) is 0 Å². The van der Waals surface area contributed by atoms with Gasteiger partial charge in [-0.3, -0.25) is 14.6 Å². The number of amides is 2. The molecular weight excluding hydrogens is 326 g/mol. The van der Waals surface area contributed by atoms with Gasteiger partial charge in [-0.15, -0.1) is 0 Å². The highest BCUT2D eigenvalue weighted by molar-refractivity contribution is 5.96. The molecule has 1 aromatic heterocycles. The molecule has 4 atom stereocenters. The van der Waals surface area contributed by atoms with E-state index in [1.54, 1.807) is 18.3 Å². The van der Waals surface area contributed by atoms with Crippen LogP contribution in [0.1, 0.15) is 87.1 Å². The van der Waals surface area contributed by atoms with Crippen molar-refractivity contribution < 1.29 is 9.59 Å². The summed E-state index contributed by atoms with van der Waals surface area (Å²) in [5, 5.41) is 0. The van der Waals surface area contributed by atoms with Gasteiger partial charge in [0, 0.05) is 30.4 Å². The highest BCUT2D eigenvalue weighted by atomic mass is 16.2. The molecule has 2 aliphatic heterocycles. The Morgan fingerprint density at radius 1 is 0.808 bits per heavy atom. The molecule has 0 bridgehead atoms. The van der Waals surface area contributed by atoms with Gasteiger partial charge >= 0.3 is 0 Å². The normalized spacial score (nSPS) is 29.5. The smallest absolute Gasteiger partial charge is 0.272 e. The van der Waals surface area contributed by atoms with Crippen molar-refractivity contribution in [2.24, 2.45) is 0 Å². The first-order valence-corrected chi connectivity index (χ1v) is 10.0. The Morgan fingerprint density at radius 2 is 1.27 bits per heavy atom. The molecule has 2 saturated heterocycles. The number of carbonyl (C=O) groups is 2. The maximum absolute atomic E-state index is 12.9. The zero-order valence-electron chi connectivity index (χ0n) is 16.4. The molecule has 2 amide bonds. The fourth-order valence-corrected chi connectivity index (χ4v) is 4.57. The Bertz CT molecular complexity index is 581. The van der Waals surface area contributed by atoms with E-state index in [1.807, 2.05) is 9.80 Å². The summed E-state index contributed by atoms with van der Waals surface area (Å²) in [5.41, 5.74) is 1.00. The predicted molar refractivity (Wildman–Crippen MR) is 102 cm³/mol. The zero-order chi connectivity index (χ0) is 18.8. The molecule has 2 aliphatic rings. The Balaban J connectivity index is 1.75. The van der Waals surface area contributed by atoms with Crippen molar-refractivity contribution >= 4 is 11.8 Å². The van der Waals surface area contributed by atoms with E-state index in [0.717, 1.165) is 25.7 Å². The summed E-state index contributed by atoms with van der Waals surface area (Å²) in [6.07, 6.45) is 8.08. The van der Waals surface area contributed by atoms with Crippen LogP contribution in [0.5, 0.6) is 0 Å². The lowest BCUT2D eigenvalue weighted by atomic mass is 9.96. The third kappa shape index (κ3) is 3.62. The van der Waals surface area contributed by atoms with Gasteiger partial charge < -0.3 is 9.80 Å². The average molecular weight is 357 g/mol. The lowest BCUT2D eigenvalue weighted by molar-refractivity contribution is 0.0492. The standard InChI is InChI=1S/C21H31N3O2/c1-14-7-5-8-15(2)23(14)20(25)18-11-12-19(22-13-18)21(26)24-16(3)9-6-10-17(24)4/h11-17H,5-10H2,1-4H3/t14-,15-,16+,17+/m1/s1. The molecule has 0 N–H and O–H groups in total. The Labute approximate surface area is 156 Å². The van der Waals surface area contributed by atoms with Crippen LogP contribution in [0.2, 0.25) is 0 Å². The van der Waals surface area contributed by atoms with Crippen molar-refractivity contribution in [3.63, 3.8) is 0 Å². The first kappa shape index (κ1) is 18.9. The van der Waals surface area contributed by atoms with E-state index in [2.05, 4.69) is 32.7 Å². The van der Waals surface area contributed by atoms with Gasteiger partial charge in [-0.1, -0.05) is 0 Å². The fraction of sp³-hybridized carbons (Fsp3) is 0.667. The lowest BCUT2D eigenvalue weighted by Gasteiger charge is -2.39. The van der Waals surface area contributed by atoms with Crippen molar-refractivity contribution in [1.82, 2.24) is 14.8 Å². The van der Waals surface area contributed by atoms with Gasteiger partial charge in [-0.25, -0.2) is 0 Å². The molecule has 0 radical (unpaired) electrons. The topological polar surface area (TPSA) is 53.5 Å². The summed E-state index contributed by atoms with van der Waals surface area (Å²) in [6, 6.07) is 4.46. The molecule has 2 fully saturated rings. The van der Waals surface area contributed by atoms with E-state index in [9.17, 15) is 9.59 Å². The van der Waals surface area contributed by atoms with Gasteiger partial charge in [-0.05, 0) is 78.4 Å². The zero-order valence-corrected chi connectivity index (χ0v) is 16.4.